The molecule has 5 aromatic carbocycles. The number of hydrogen-bond donors (Lipinski definition) is 0. The van der Waals surface area contributed by atoms with E-state index in [9.17, 15) is 4.79 Å². The highest BCUT2D eigenvalue weighted by Crippen LogP contribution is 2.37. The molecule has 5 rings (SSSR count). The Hall–Kier alpha value is -2.53. The first-order valence-electron chi connectivity index (χ1n) is 12.0. The fourth-order valence-corrected chi connectivity index (χ4v) is 7.21. The standard InChI is InChI=1S/C31H20Cl3OS2.ClHO4/c32-23-7-13-26(14-8-23)37(27-15-9-24(33)10-16-27)28-17-11-25(12-18-28)36-30-19-6-22(20-29(30)34)31(35)21-4-2-1-3-5-21;2-1(3,4)5/h1-20H;(H,2,3,4,5)/q+1;/p-1. The van der Waals surface area contributed by atoms with Gasteiger partial charge in [-0.05, 0) is 91.0 Å². The third-order valence-corrected chi connectivity index (χ3v) is 9.86. The van der Waals surface area contributed by atoms with Gasteiger partial charge in [-0.2, -0.15) is 0 Å². The SMILES string of the molecule is O=C(c1ccccc1)c1ccc(Sc2ccc([S+](c3ccc(Cl)cc3)c3ccc(Cl)cc3)cc2)c(Cl)c1.[O-][Cl+3]([O-])([O-])[O-]. The molecule has 5 aromatic rings. The van der Waals surface area contributed by atoms with E-state index in [2.05, 4.69) is 48.5 Å². The van der Waals surface area contributed by atoms with E-state index in [-0.39, 0.29) is 16.7 Å². The molecule has 0 aliphatic rings. The molecule has 0 unspecified atom stereocenters. The average Bonchev–Trinajstić information content (AvgIpc) is 2.96. The van der Waals surface area contributed by atoms with Gasteiger partial charge in [-0.3, -0.25) is 4.79 Å². The Kier molecular flexibility index (Phi) is 11.4. The molecule has 0 aliphatic heterocycles. The lowest BCUT2D eigenvalue weighted by Crippen LogP contribution is -2.68. The van der Waals surface area contributed by atoms with Crippen LogP contribution in [0, 0.1) is 10.2 Å². The molecule has 0 aliphatic carbocycles. The number of hydrogen-bond acceptors (Lipinski definition) is 6. The minimum Gasteiger partial charge on any atom is -0.289 e. The van der Waals surface area contributed by atoms with Crippen LogP contribution in [0.5, 0.6) is 0 Å². The van der Waals surface area contributed by atoms with Crippen molar-refractivity contribution in [3.05, 3.63) is 148 Å². The van der Waals surface area contributed by atoms with Crippen LogP contribution in [0.2, 0.25) is 15.1 Å². The zero-order valence-electron chi connectivity index (χ0n) is 21.4. The summed E-state index contributed by atoms with van der Waals surface area (Å²) in [6.07, 6.45) is 0. The average molecular weight is 678 g/mol. The number of benzene rings is 5. The molecule has 0 fully saturated rings. The van der Waals surface area contributed by atoms with E-state index in [0.717, 1.165) is 9.79 Å². The molecule has 214 valence electrons. The number of halogens is 4. The highest BCUT2D eigenvalue weighted by atomic mass is 35.7. The summed E-state index contributed by atoms with van der Waals surface area (Å²) >= 11 is 20.5. The molecule has 0 spiro atoms. The highest BCUT2D eigenvalue weighted by molar-refractivity contribution is 7.99. The van der Waals surface area contributed by atoms with E-state index in [1.165, 1.54) is 14.7 Å². The van der Waals surface area contributed by atoms with Crippen molar-refractivity contribution in [2.75, 3.05) is 0 Å². The smallest absolute Gasteiger partial charge is 0.193 e. The van der Waals surface area contributed by atoms with Gasteiger partial charge in [0, 0.05) is 31.0 Å². The molecular formula is C31H20Cl4O5S2. The van der Waals surface area contributed by atoms with E-state index in [1.807, 2.05) is 66.7 Å². The molecule has 0 atom stereocenters. The van der Waals surface area contributed by atoms with Crippen LogP contribution in [0.15, 0.2) is 146 Å². The second-order valence-corrected chi connectivity index (χ2v) is 13.7. The molecule has 11 heteroatoms. The van der Waals surface area contributed by atoms with Gasteiger partial charge in [-0.1, -0.05) is 76.9 Å². The summed E-state index contributed by atoms with van der Waals surface area (Å²) in [5, 5.41) is 1.98. The summed E-state index contributed by atoms with van der Waals surface area (Å²) in [6.45, 7) is 0. The largest absolute Gasteiger partial charge is 0.289 e. The first-order chi connectivity index (χ1) is 20.0. The van der Waals surface area contributed by atoms with Crippen LogP contribution in [-0.2, 0) is 10.9 Å². The van der Waals surface area contributed by atoms with E-state index < -0.39 is 10.2 Å². The van der Waals surface area contributed by atoms with Gasteiger partial charge >= 0.3 is 0 Å². The molecule has 0 saturated carbocycles. The van der Waals surface area contributed by atoms with Crippen LogP contribution in [0.1, 0.15) is 15.9 Å². The van der Waals surface area contributed by atoms with Crippen molar-refractivity contribution in [3.63, 3.8) is 0 Å². The van der Waals surface area contributed by atoms with Crippen LogP contribution >= 0.6 is 46.6 Å². The van der Waals surface area contributed by atoms with Crippen molar-refractivity contribution in [1.29, 1.82) is 0 Å². The van der Waals surface area contributed by atoms with E-state index in [4.69, 9.17) is 53.4 Å². The fourth-order valence-electron chi connectivity index (χ4n) is 3.80. The maximum atomic E-state index is 12.8. The summed E-state index contributed by atoms with van der Waals surface area (Å²) in [7, 11) is -5.25. The van der Waals surface area contributed by atoms with E-state index >= 15 is 0 Å². The van der Waals surface area contributed by atoms with Crippen LogP contribution in [0.4, 0.5) is 0 Å². The third-order valence-electron chi connectivity index (χ3n) is 5.62. The Bertz CT molecular complexity index is 1580. The Labute approximate surface area is 267 Å². The molecule has 5 nitrogen and oxygen atoms in total. The predicted octanol–water partition coefficient (Wildman–Crippen LogP) is 5.37. The molecule has 0 aromatic heterocycles. The molecule has 0 saturated heterocycles. The van der Waals surface area contributed by atoms with E-state index in [0.29, 0.717) is 26.2 Å². The van der Waals surface area contributed by atoms with Gasteiger partial charge in [-0.15, -0.1) is 10.2 Å². The third kappa shape index (κ3) is 9.49. The number of rotatable bonds is 7. The minimum absolute atomic E-state index is 0.0418. The minimum atomic E-state index is -4.94. The van der Waals surface area contributed by atoms with Crippen molar-refractivity contribution in [2.45, 2.75) is 24.5 Å². The molecule has 0 radical (unpaired) electrons. The van der Waals surface area contributed by atoms with Crippen LogP contribution < -0.4 is 18.6 Å². The molecule has 0 amide bonds. The van der Waals surface area contributed by atoms with Crippen LogP contribution in [-0.4, -0.2) is 5.78 Å². The fraction of sp³-hybridized carbons (Fsp3) is 0. The predicted molar refractivity (Wildman–Crippen MR) is 157 cm³/mol. The lowest BCUT2D eigenvalue weighted by molar-refractivity contribution is -2.00. The van der Waals surface area contributed by atoms with Gasteiger partial charge in [0.25, 0.3) is 0 Å². The van der Waals surface area contributed by atoms with Gasteiger partial charge in [0.2, 0.25) is 0 Å². The first kappa shape index (κ1) is 32.4. The summed E-state index contributed by atoms with van der Waals surface area (Å²) in [6, 6.07) is 39.2. The second-order valence-electron chi connectivity index (χ2n) is 8.51. The lowest BCUT2D eigenvalue weighted by Gasteiger charge is -2.17. The summed E-state index contributed by atoms with van der Waals surface area (Å²) in [4.78, 5) is 18.3. The molecule has 0 heterocycles. The molecule has 0 bridgehead atoms. The van der Waals surface area contributed by atoms with Crippen molar-refractivity contribution in [3.8, 4) is 0 Å². The van der Waals surface area contributed by atoms with Crippen molar-refractivity contribution in [1.82, 2.24) is 0 Å². The Morgan fingerprint density at radius 3 is 1.50 bits per heavy atom. The zero-order chi connectivity index (χ0) is 30.3. The number of ketones is 1. The maximum absolute atomic E-state index is 12.8. The zero-order valence-corrected chi connectivity index (χ0v) is 26.1. The first-order valence-corrected chi connectivity index (χ1v) is 16.4. The number of carbonyl (C=O) groups is 1. The van der Waals surface area contributed by atoms with Gasteiger partial charge in [0.15, 0.2) is 20.5 Å². The maximum Gasteiger partial charge on any atom is 0.193 e. The Morgan fingerprint density at radius 1 is 0.595 bits per heavy atom. The molecule has 42 heavy (non-hydrogen) atoms. The lowest BCUT2D eigenvalue weighted by atomic mass is 10.0. The van der Waals surface area contributed by atoms with Crippen molar-refractivity contribution < 1.29 is 33.7 Å². The normalized spacial score (nSPS) is 11.1. The van der Waals surface area contributed by atoms with Gasteiger partial charge in [0.05, 0.1) is 15.9 Å². The highest BCUT2D eigenvalue weighted by Gasteiger charge is 2.28. The topological polar surface area (TPSA) is 109 Å². The van der Waals surface area contributed by atoms with Crippen molar-refractivity contribution in [2.24, 2.45) is 0 Å². The van der Waals surface area contributed by atoms with Crippen LogP contribution in [0.3, 0.4) is 0 Å². The van der Waals surface area contributed by atoms with Gasteiger partial charge in [-0.25, -0.2) is 18.6 Å². The molecular weight excluding hydrogens is 658 g/mol. The quantitative estimate of drug-likeness (QED) is 0.169. The molecule has 0 N–H and O–H groups in total. The monoisotopic (exact) mass is 676 g/mol. The summed E-state index contributed by atoms with van der Waals surface area (Å²) in [5.74, 6) is -0.0418. The Balaban J connectivity index is 0.000000748. The summed E-state index contributed by atoms with van der Waals surface area (Å²) < 4.78 is 34.0. The second kappa shape index (κ2) is 14.8. The number of carbonyl (C=O) groups excluding carboxylic acids is 1. The van der Waals surface area contributed by atoms with Crippen molar-refractivity contribution >= 4 is 63.2 Å². The van der Waals surface area contributed by atoms with Gasteiger partial charge < -0.3 is 0 Å². The summed E-state index contributed by atoms with van der Waals surface area (Å²) in [5.41, 5.74) is 1.22. The van der Waals surface area contributed by atoms with Gasteiger partial charge in [0.1, 0.15) is 0 Å². The van der Waals surface area contributed by atoms with Crippen LogP contribution in [0.25, 0.3) is 0 Å². The van der Waals surface area contributed by atoms with E-state index in [1.54, 1.807) is 17.8 Å². The Morgan fingerprint density at radius 2 is 1.05 bits per heavy atom.